The van der Waals surface area contributed by atoms with Gasteiger partial charge < -0.3 is 15.6 Å². The summed E-state index contributed by atoms with van der Waals surface area (Å²) in [6, 6.07) is 8.31. The van der Waals surface area contributed by atoms with Crippen molar-refractivity contribution in [3.05, 3.63) is 41.0 Å². The van der Waals surface area contributed by atoms with Crippen LogP contribution in [0.4, 0.5) is 5.95 Å². The van der Waals surface area contributed by atoms with Crippen LogP contribution in [0.15, 0.2) is 30.3 Å². The topological polar surface area (TPSA) is 103 Å². The van der Waals surface area contributed by atoms with E-state index in [0.717, 1.165) is 0 Å². The molecule has 1 aromatic carbocycles. The first-order valence-corrected chi connectivity index (χ1v) is 6.61. The van der Waals surface area contributed by atoms with E-state index in [-0.39, 0.29) is 11.6 Å². The van der Waals surface area contributed by atoms with Crippen molar-refractivity contribution >= 4 is 29.2 Å². The maximum Gasteiger partial charge on any atom is 0.355 e. The van der Waals surface area contributed by atoms with Crippen molar-refractivity contribution in [3.8, 4) is 16.9 Å². The Morgan fingerprint density at radius 3 is 2.77 bits per heavy atom. The monoisotopic (exact) mass is 318 g/mol. The number of benzene rings is 1. The van der Waals surface area contributed by atoms with Crippen LogP contribution in [0.1, 0.15) is 10.5 Å². The van der Waals surface area contributed by atoms with Gasteiger partial charge in [-0.1, -0.05) is 17.7 Å². The van der Waals surface area contributed by atoms with Crippen molar-refractivity contribution in [2.45, 2.75) is 0 Å². The van der Waals surface area contributed by atoms with Gasteiger partial charge in [-0.3, -0.25) is 0 Å². The highest BCUT2D eigenvalue weighted by Gasteiger charge is 2.19. The lowest BCUT2D eigenvalue weighted by atomic mass is 10.0. The van der Waals surface area contributed by atoms with Crippen LogP contribution >= 0.6 is 11.6 Å². The van der Waals surface area contributed by atoms with Crippen LogP contribution in [-0.2, 0) is 0 Å². The van der Waals surface area contributed by atoms with Gasteiger partial charge in [-0.2, -0.15) is 4.98 Å². The average Bonchev–Trinajstić information content (AvgIpc) is 2.85. The molecular formula is C14H11ClN4O3. The van der Waals surface area contributed by atoms with Gasteiger partial charge in [-0.05, 0) is 29.8 Å². The maximum atomic E-state index is 11.6. The minimum atomic E-state index is -1.14. The molecule has 8 heteroatoms. The number of ether oxygens (including phenoxy) is 1. The minimum Gasteiger partial charge on any atom is -0.495 e. The number of pyridine rings is 1. The molecule has 0 atom stereocenters. The number of aromatic carboxylic acids is 1. The normalized spacial score (nSPS) is 10.8. The van der Waals surface area contributed by atoms with Crippen LogP contribution in [0.5, 0.6) is 5.75 Å². The molecule has 7 nitrogen and oxygen atoms in total. The van der Waals surface area contributed by atoms with E-state index in [1.54, 1.807) is 30.3 Å². The number of nitrogens with zero attached hydrogens (tertiary/aromatic N) is 3. The fraction of sp³-hybridized carbons (Fsp3) is 0.0714. The smallest absolute Gasteiger partial charge is 0.355 e. The van der Waals surface area contributed by atoms with Gasteiger partial charge >= 0.3 is 5.97 Å². The molecule has 0 saturated heterocycles. The quantitative estimate of drug-likeness (QED) is 0.768. The maximum absolute atomic E-state index is 11.6. The molecule has 2 heterocycles. The van der Waals surface area contributed by atoms with Crippen LogP contribution in [0.2, 0.25) is 5.02 Å². The van der Waals surface area contributed by atoms with Gasteiger partial charge in [0.2, 0.25) is 5.95 Å². The van der Waals surface area contributed by atoms with Crippen molar-refractivity contribution in [1.82, 2.24) is 14.6 Å². The molecule has 22 heavy (non-hydrogen) atoms. The lowest BCUT2D eigenvalue weighted by Gasteiger charge is -2.10. The number of hydrogen-bond acceptors (Lipinski definition) is 5. The highest BCUT2D eigenvalue weighted by molar-refractivity contribution is 6.32. The largest absolute Gasteiger partial charge is 0.495 e. The molecule has 0 saturated carbocycles. The number of aromatic nitrogens is 3. The Labute approximate surface area is 129 Å². The van der Waals surface area contributed by atoms with Crippen molar-refractivity contribution in [2.75, 3.05) is 12.8 Å². The average molecular weight is 319 g/mol. The minimum absolute atomic E-state index is 0.00686. The fourth-order valence-corrected chi connectivity index (χ4v) is 2.49. The molecule has 0 amide bonds. The Morgan fingerprint density at radius 1 is 1.36 bits per heavy atom. The molecule has 0 aliphatic heterocycles. The summed E-state index contributed by atoms with van der Waals surface area (Å²) < 4.78 is 6.29. The standard InChI is InChI=1S/C14H11ClN4O3/c1-22-10-4-2-7(6-9(10)15)8-3-5-11-17-14(16)18-19(11)12(8)13(20)21/h2-6H,1H3,(H2,16,18)(H,20,21). The van der Waals surface area contributed by atoms with Gasteiger partial charge in [0.05, 0.1) is 12.1 Å². The molecule has 0 bridgehead atoms. The second-order valence-corrected chi connectivity index (χ2v) is 4.90. The third-order valence-corrected chi connectivity index (χ3v) is 3.48. The van der Waals surface area contributed by atoms with Gasteiger partial charge in [0.1, 0.15) is 5.75 Å². The Kier molecular flexibility index (Phi) is 3.34. The molecule has 0 aliphatic rings. The Morgan fingerprint density at radius 2 is 2.14 bits per heavy atom. The van der Waals surface area contributed by atoms with Gasteiger partial charge in [0.25, 0.3) is 0 Å². The first kappa shape index (κ1) is 14.2. The number of fused-ring (bicyclic) bond motifs is 1. The van der Waals surface area contributed by atoms with Crippen molar-refractivity contribution in [3.63, 3.8) is 0 Å². The molecule has 2 aromatic heterocycles. The molecule has 0 fully saturated rings. The van der Waals surface area contributed by atoms with Gasteiger partial charge in [0.15, 0.2) is 11.3 Å². The predicted molar refractivity (Wildman–Crippen MR) is 81.4 cm³/mol. The first-order chi connectivity index (χ1) is 10.5. The molecule has 3 aromatic rings. The van der Waals surface area contributed by atoms with Gasteiger partial charge in [-0.25, -0.2) is 9.31 Å². The predicted octanol–water partition coefficient (Wildman–Crippen LogP) is 2.34. The zero-order valence-corrected chi connectivity index (χ0v) is 12.2. The molecule has 112 valence electrons. The molecule has 0 unspecified atom stereocenters. The number of nitrogen functional groups attached to an aromatic ring is 1. The lowest BCUT2D eigenvalue weighted by molar-refractivity contribution is 0.0688. The third kappa shape index (κ3) is 2.21. The molecule has 3 N–H and O–H groups in total. The van der Waals surface area contributed by atoms with E-state index in [1.807, 2.05) is 0 Å². The summed E-state index contributed by atoms with van der Waals surface area (Å²) in [7, 11) is 1.51. The van der Waals surface area contributed by atoms with E-state index in [2.05, 4.69) is 10.1 Å². The molecule has 3 rings (SSSR count). The summed E-state index contributed by atoms with van der Waals surface area (Å²) in [5, 5.41) is 13.8. The second-order valence-electron chi connectivity index (χ2n) is 4.49. The summed E-state index contributed by atoms with van der Waals surface area (Å²) in [6.07, 6.45) is 0. The van der Waals surface area contributed by atoms with Crippen molar-refractivity contribution < 1.29 is 14.6 Å². The molecular weight excluding hydrogens is 308 g/mol. The van der Waals surface area contributed by atoms with Crippen LogP contribution in [0.25, 0.3) is 16.8 Å². The van der Waals surface area contributed by atoms with E-state index < -0.39 is 5.97 Å². The highest BCUT2D eigenvalue weighted by atomic mass is 35.5. The zero-order chi connectivity index (χ0) is 15.9. The van der Waals surface area contributed by atoms with Crippen molar-refractivity contribution in [1.29, 1.82) is 0 Å². The number of anilines is 1. The number of carboxylic acids is 1. The summed E-state index contributed by atoms with van der Waals surface area (Å²) in [6.45, 7) is 0. The summed E-state index contributed by atoms with van der Waals surface area (Å²) in [4.78, 5) is 15.6. The Bertz CT molecular complexity index is 891. The van der Waals surface area contributed by atoms with E-state index in [9.17, 15) is 9.90 Å². The lowest BCUT2D eigenvalue weighted by Crippen LogP contribution is -2.09. The van der Waals surface area contributed by atoms with E-state index in [0.29, 0.717) is 27.5 Å². The summed E-state index contributed by atoms with van der Waals surface area (Å²) in [5.41, 5.74) is 6.93. The van der Waals surface area contributed by atoms with Crippen LogP contribution in [0.3, 0.4) is 0 Å². The third-order valence-electron chi connectivity index (χ3n) is 3.18. The van der Waals surface area contributed by atoms with Crippen LogP contribution < -0.4 is 10.5 Å². The SMILES string of the molecule is COc1ccc(-c2ccc3nc(N)nn3c2C(=O)O)cc1Cl. The number of methoxy groups -OCH3 is 1. The number of rotatable bonds is 3. The number of carboxylic acid groups (broad SMARTS) is 1. The van der Waals surface area contributed by atoms with Gasteiger partial charge in [-0.15, -0.1) is 5.10 Å². The molecule has 0 aliphatic carbocycles. The summed E-state index contributed by atoms with van der Waals surface area (Å²) >= 11 is 6.11. The van der Waals surface area contributed by atoms with E-state index in [4.69, 9.17) is 22.1 Å². The van der Waals surface area contributed by atoms with Gasteiger partial charge in [0, 0.05) is 5.56 Å². The zero-order valence-electron chi connectivity index (χ0n) is 11.4. The molecule has 0 spiro atoms. The van der Waals surface area contributed by atoms with Crippen LogP contribution in [0, 0.1) is 0 Å². The fourth-order valence-electron chi connectivity index (χ4n) is 2.24. The number of carbonyl (C=O) groups is 1. The number of nitrogens with two attached hydrogens (primary N) is 1. The van der Waals surface area contributed by atoms with Crippen molar-refractivity contribution in [2.24, 2.45) is 0 Å². The number of halogens is 1. The second kappa shape index (κ2) is 5.19. The number of hydrogen-bond donors (Lipinski definition) is 2. The van der Waals surface area contributed by atoms with E-state index in [1.165, 1.54) is 11.6 Å². The Hall–Kier alpha value is -2.80. The van der Waals surface area contributed by atoms with E-state index >= 15 is 0 Å². The Balaban J connectivity index is 2.28. The first-order valence-electron chi connectivity index (χ1n) is 6.23. The highest BCUT2D eigenvalue weighted by Crippen LogP contribution is 2.32. The van der Waals surface area contributed by atoms with Crippen LogP contribution in [-0.4, -0.2) is 32.8 Å². The molecule has 0 radical (unpaired) electrons. The summed E-state index contributed by atoms with van der Waals surface area (Å²) in [5.74, 6) is -0.627.